The van der Waals surface area contributed by atoms with Gasteiger partial charge in [0, 0.05) is 32.0 Å². The van der Waals surface area contributed by atoms with Crippen molar-refractivity contribution >= 4 is 11.6 Å². The van der Waals surface area contributed by atoms with Gasteiger partial charge < -0.3 is 0 Å². The van der Waals surface area contributed by atoms with Gasteiger partial charge in [0.25, 0.3) is 0 Å². The van der Waals surface area contributed by atoms with Gasteiger partial charge in [-0.15, -0.1) is 0 Å². The highest BCUT2D eigenvalue weighted by Crippen LogP contribution is 2.29. The average Bonchev–Trinajstić information content (AvgIpc) is 3.26. The van der Waals surface area contributed by atoms with E-state index in [1.54, 1.807) is 6.20 Å². The van der Waals surface area contributed by atoms with E-state index < -0.39 is 0 Å². The first-order chi connectivity index (χ1) is 10.8. The summed E-state index contributed by atoms with van der Waals surface area (Å²) in [5.74, 6) is 0. The third-order valence-electron chi connectivity index (χ3n) is 4.94. The van der Waals surface area contributed by atoms with E-state index in [9.17, 15) is 0 Å². The van der Waals surface area contributed by atoms with Crippen molar-refractivity contribution in [3.05, 3.63) is 35.4 Å². The van der Waals surface area contributed by atoms with Gasteiger partial charge in [-0.25, -0.2) is 0 Å². The Morgan fingerprint density at radius 2 is 2.00 bits per heavy atom. The van der Waals surface area contributed by atoms with Crippen molar-refractivity contribution in [1.82, 2.24) is 24.5 Å². The predicted octanol–water partition coefficient (Wildman–Crippen LogP) is 3.30. The molecule has 0 radical (unpaired) electrons. The first-order valence-corrected chi connectivity index (χ1v) is 8.62. The van der Waals surface area contributed by atoms with Crippen LogP contribution in [-0.4, -0.2) is 37.6 Å². The number of rotatable bonds is 4. The monoisotopic (exact) mass is 319 g/mol. The number of halogens is 1. The topological polar surface area (TPSA) is 38.9 Å². The normalized spacial score (nSPS) is 23.6. The van der Waals surface area contributed by atoms with Gasteiger partial charge in [-0.2, -0.15) is 10.2 Å². The quantitative estimate of drug-likeness (QED) is 0.868. The Morgan fingerprint density at radius 3 is 2.77 bits per heavy atom. The third kappa shape index (κ3) is 2.92. The van der Waals surface area contributed by atoms with Crippen molar-refractivity contribution < 1.29 is 0 Å². The van der Waals surface area contributed by atoms with Crippen LogP contribution in [0, 0.1) is 0 Å². The summed E-state index contributed by atoms with van der Waals surface area (Å²) >= 11 is 5.96. The fraction of sp³-hybridized carbons (Fsp3) is 0.625. The molecule has 1 unspecified atom stereocenters. The molecule has 0 aromatic carbocycles. The molecule has 5 nitrogen and oxygen atoms in total. The molecule has 1 aliphatic carbocycles. The summed E-state index contributed by atoms with van der Waals surface area (Å²) in [6, 6.07) is 3.24. The summed E-state index contributed by atoms with van der Waals surface area (Å²) in [5, 5.41) is 9.84. The standard InChI is InChI=1S/C16H22ClN5/c17-13-9-18-22(10-13)16-6-7-20(12-16)11-14-5-8-21(19-14)15-3-1-2-4-15/h5,8-10,15-16H,1-4,6-7,11-12H2. The number of aromatic nitrogens is 4. The van der Waals surface area contributed by atoms with Crippen molar-refractivity contribution in [2.45, 2.75) is 50.7 Å². The van der Waals surface area contributed by atoms with Crippen LogP contribution in [-0.2, 0) is 6.54 Å². The summed E-state index contributed by atoms with van der Waals surface area (Å²) < 4.78 is 4.18. The minimum Gasteiger partial charge on any atom is -0.295 e. The highest BCUT2D eigenvalue weighted by Gasteiger charge is 2.25. The highest BCUT2D eigenvalue weighted by atomic mass is 35.5. The van der Waals surface area contributed by atoms with E-state index in [2.05, 4.69) is 26.9 Å². The van der Waals surface area contributed by atoms with E-state index in [1.165, 1.54) is 31.4 Å². The van der Waals surface area contributed by atoms with Crippen molar-refractivity contribution in [2.75, 3.05) is 13.1 Å². The maximum Gasteiger partial charge on any atom is 0.0785 e. The molecule has 0 bridgehead atoms. The molecule has 2 aromatic heterocycles. The smallest absolute Gasteiger partial charge is 0.0785 e. The van der Waals surface area contributed by atoms with E-state index in [4.69, 9.17) is 16.7 Å². The first kappa shape index (κ1) is 14.3. The van der Waals surface area contributed by atoms with Crippen molar-refractivity contribution in [3.63, 3.8) is 0 Å². The molecule has 2 aromatic rings. The maximum atomic E-state index is 5.96. The second-order valence-corrected chi connectivity index (χ2v) is 6.98. The van der Waals surface area contributed by atoms with Crippen LogP contribution in [0.15, 0.2) is 24.7 Å². The van der Waals surface area contributed by atoms with Crippen molar-refractivity contribution in [1.29, 1.82) is 0 Å². The minimum atomic E-state index is 0.435. The summed E-state index contributed by atoms with van der Waals surface area (Å²) in [6.07, 6.45) is 12.2. The summed E-state index contributed by atoms with van der Waals surface area (Å²) in [7, 11) is 0. The lowest BCUT2D eigenvalue weighted by Crippen LogP contribution is -2.22. The van der Waals surface area contributed by atoms with Gasteiger partial charge in [-0.1, -0.05) is 24.4 Å². The fourth-order valence-electron chi connectivity index (χ4n) is 3.75. The Bertz CT molecular complexity index is 628. The van der Waals surface area contributed by atoms with Crippen LogP contribution in [0.4, 0.5) is 0 Å². The van der Waals surface area contributed by atoms with Crippen LogP contribution in [0.3, 0.4) is 0 Å². The van der Waals surface area contributed by atoms with Crippen LogP contribution in [0.1, 0.15) is 49.9 Å². The van der Waals surface area contributed by atoms with Gasteiger partial charge in [-0.3, -0.25) is 14.3 Å². The summed E-state index contributed by atoms with van der Waals surface area (Å²) in [6.45, 7) is 3.05. The Labute approximate surface area is 135 Å². The zero-order valence-electron chi connectivity index (χ0n) is 12.7. The van der Waals surface area contributed by atoms with E-state index in [1.807, 2.05) is 10.9 Å². The van der Waals surface area contributed by atoms with Gasteiger partial charge in [0.1, 0.15) is 0 Å². The summed E-state index contributed by atoms with van der Waals surface area (Å²) in [4.78, 5) is 2.46. The van der Waals surface area contributed by atoms with E-state index in [0.717, 1.165) is 26.1 Å². The molecule has 4 rings (SSSR count). The molecule has 1 atom stereocenters. The SMILES string of the molecule is Clc1cnn(C2CCN(Cc3ccn(C4CCCC4)n3)C2)c1. The molecular formula is C16H22ClN5. The van der Waals surface area contributed by atoms with Crippen LogP contribution in [0.25, 0.3) is 0 Å². The van der Waals surface area contributed by atoms with Crippen molar-refractivity contribution in [2.24, 2.45) is 0 Å². The number of hydrogen-bond acceptors (Lipinski definition) is 3. The largest absolute Gasteiger partial charge is 0.295 e. The maximum absolute atomic E-state index is 5.96. The van der Waals surface area contributed by atoms with Gasteiger partial charge in [-0.05, 0) is 25.3 Å². The van der Waals surface area contributed by atoms with Crippen molar-refractivity contribution in [3.8, 4) is 0 Å². The fourth-order valence-corrected chi connectivity index (χ4v) is 3.89. The number of hydrogen-bond donors (Lipinski definition) is 0. The average molecular weight is 320 g/mol. The zero-order valence-corrected chi connectivity index (χ0v) is 13.5. The molecule has 118 valence electrons. The highest BCUT2D eigenvalue weighted by molar-refractivity contribution is 6.30. The molecular weight excluding hydrogens is 298 g/mol. The molecule has 1 saturated heterocycles. The van der Waals surface area contributed by atoms with Gasteiger partial charge in [0.05, 0.1) is 29.0 Å². The minimum absolute atomic E-state index is 0.435. The third-order valence-corrected chi connectivity index (χ3v) is 5.13. The van der Waals surface area contributed by atoms with Gasteiger partial charge in [0.2, 0.25) is 0 Å². The number of likely N-dealkylation sites (tertiary alicyclic amines) is 1. The molecule has 1 saturated carbocycles. The van der Waals surface area contributed by atoms with Crippen LogP contribution < -0.4 is 0 Å². The molecule has 2 fully saturated rings. The zero-order chi connectivity index (χ0) is 14.9. The van der Waals surface area contributed by atoms with E-state index in [0.29, 0.717) is 17.1 Å². The first-order valence-electron chi connectivity index (χ1n) is 8.24. The Morgan fingerprint density at radius 1 is 1.14 bits per heavy atom. The van der Waals surface area contributed by atoms with Gasteiger partial charge in [0.15, 0.2) is 0 Å². The van der Waals surface area contributed by atoms with Gasteiger partial charge >= 0.3 is 0 Å². The Balaban J connectivity index is 1.36. The van der Waals surface area contributed by atoms with E-state index in [-0.39, 0.29) is 0 Å². The Kier molecular flexibility index (Phi) is 3.92. The van der Waals surface area contributed by atoms with E-state index >= 15 is 0 Å². The van der Waals surface area contributed by atoms with Crippen LogP contribution in [0.2, 0.25) is 5.02 Å². The molecule has 22 heavy (non-hydrogen) atoms. The number of nitrogens with zero attached hydrogens (tertiary/aromatic N) is 5. The lowest BCUT2D eigenvalue weighted by molar-refractivity contribution is 0.305. The Hall–Kier alpha value is -1.33. The molecule has 2 aliphatic rings. The lowest BCUT2D eigenvalue weighted by atomic mass is 10.3. The summed E-state index contributed by atoms with van der Waals surface area (Å²) in [5.41, 5.74) is 1.19. The molecule has 6 heteroatoms. The molecule has 1 aliphatic heterocycles. The molecule has 3 heterocycles. The lowest BCUT2D eigenvalue weighted by Gasteiger charge is -2.15. The second kappa shape index (κ2) is 6.05. The van der Waals surface area contributed by atoms with Crippen LogP contribution >= 0.6 is 11.6 Å². The predicted molar refractivity (Wildman–Crippen MR) is 85.9 cm³/mol. The van der Waals surface area contributed by atoms with Crippen LogP contribution in [0.5, 0.6) is 0 Å². The molecule has 0 N–H and O–H groups in total. The molecule has 0 amide bonds. The molecule has 0 spiro atoms. The second-order valence-electron chi connectivity index (χ2n) is 6.54.